The summed E-state index contributed by atoms with van der Waals surface area (Å²) in [5.74, 6) is 0.522. The summed E-state index contributed by atoms with van der Waals surface area (Å²) in [5.41, 5.74) is 0.566. The van der Waals surface area contributed by atoms with Crippen molar-refractivity contribution in [3.05, 3.63) is 51.6 Å². The van der Waals surface area contributed by atoms with E-state index >= 15 is 0 Å². The Bertz CT molecular complexity index is 611. The third kappa shape index (κ3) is 3.67. The molecule has 0 unspecified atom stereocenters. The maximum atomic E-state index is 11.5. The number of esters is 1. The number of carbonyl (C=O) groups is 1. The highest BCUT2D eigenvalue weighted by Crippen LogP contribution is 2.32. The van der Waals surface area contributed by atoms with Gasteiger partial charge in [0.25, 0.3) is 0 Å². The highest BCUT2D eigenvalue weighted by atomic mass is 127. The first-order valence-corrected chi connectivity index (χ1v) is 7.73. The number of methoxy groups -OCH3 is 2. The number of ether oxygens (including phenoxy) is 2. The molecule has 0 N–H and O–H groups in total. The van der Waals surface area contributed by atoms with Crippen LogP contribution in [0.5, 0.6) is 5.75 Å². The molecule has 0 amide bonds. The van der Waals surface area contributed by atoms with E-state index in [9.17, 15) is 4.79 Å². The Balaban J connectivity index is 2.18. The fraction of sp³-hybridized carbons (Fsp3) is 0.133. The maximum absolute atomic E-state index is 11.5. The van der Waals surface area contributed by atoms with Crippen molar-refractivity contribution in [1.82, 2.24) is 0 Å². The topological polar surface area (TPSA) is 35.5 Å². The lowest BCUT2D eigenvalue weighted by Gasteiger charge is -2.07. The van der Waals surface area contributed by atoms with Crippen LogP contribution in [0.4, 0.5) is 0 Å². The molecule has 0 saturated carbocycles. The Morgan fingerprint density at radius 3 is 2.35 bits per heavy atom. The van der Waals surface area contributed by atoms with Crippen LogP contribution < -0.4 is 4.74 Å². The molecule has 5 heteroatoms. The van der Waals surface area contributed by atoms with Crippen molar-refractivity contribution in [1.29, 1.82) is 0 Å². The average molecular weight is 400 g/mol. The van der Waals surface area contributed by atoms with Gasteiger partial charge in [-0.2, -0.15) is 0 Å². The monoisotopic (exact) mass is 400 g/mol. The molecule has 0 heterocycles. The molecule has 0 atom stereocenters. The molecule has 0 fully saturated rings. The Labute approximate surface area is 135 Å². The second-order valence-electron chi connectivity index (χ2n) is 3.91. The van der Waals surface area contributed by atoms with Crippen LogP contribution in [0.3, 0.4) is 0 Å². The molecule has 2 aromatic rings. The van der Waals surface area contributed by atoms with E-state index in [1.807, 2.05) is 36.4 Å². The van der Waals surface area contributed by atoms with E-state index in [4.69, 9.17) is 9.47 Å². The summed E-state index contributed by atoms with van der Waals surface area (Å²) in [6, 6.07) is 13.4. The van der Waals surface area contributed by atoms with Crippen molar-refractivity contribution in [2.45, 2.75) is 9.79 Å². The lowest BCUT2D eigenvalue weighted by Crippen LogP contribution is -2.01. The molecule has 2 aromatic carbocycles. The molecular weight excluding hydrogens is 387 g/mol. The number of rotatable bonds is 4. The molecule has 0 bridgehead atoms. The highest BCUT2D eigenvalue weighted by molar-refractivity contribution is 14.1. The molecular formula is C15H13IO3S. The van der Waals surface area contributed by atoms with Crippen LogP contribution in [-0.2, 0) is 4.74 Å². The van der Waals surface area contributed by atoms with E-state index in [0.717, 1.165) is 19.1 Å². The molecule has 0 radical (unpaired) electrons. The van der Waals surface area contributed by atoms with Crippen molar-refractivity contribution in [2.75, 3.05) is 14.2 Å². The van der Waals surface area contributed by atoms with Crippen LogP contribution in [-0.4, -0.2) is 20.2 Å². The van der Waals surface area contributed by atoms with E-state index < -0.39 is 0 Å². The SMILES string of the molecule is COC(=O)c1ccc(Sc2ccc(OC)cc2)c(I)c1. The van der Waals surface area contributed by atoms with Gasteiger partial charge < -0.3 is 9.47 Å². The Hall–Kier alpha value is -1.21. The van der Waals surface area contributed by atoms with Crippen molar-refractivity contribution in [3.63, 3.8) is 0 Å². The first-order chi connectivity index (χ1) is 9.63. The van der Waals surface area contributed by atoms with Crippen LogP contribution in [0.15, 0.2) is 52.3 Å². The summed E-state index contributed by atoms with van der Waals surface area (Å²) in [6.07, 6.45) is 0. The van der Waals surface area contributed by atoms with Crippen molar-refractivity contribution in [3.8, 4) is 5.75 Å². The van der Waals surface area contributed by atoms with Crippen LogP contribution in [0.25, 0.3) is 0 Å². The van der Waals surface area contributed by atoms with Gasteiger partial charge in [0.2, 0.25) is 0 Å². The van der Waals surface area contributed by atoms with Gasteiger partial charge in [0.05, 0.1) is 19.8 Å². The second-order valence-corrected chi connectivity index (χ2v) is 6.19. The third-order valence-electron chi connectivity index (χ3n) is 2.64. The van der Waals surface area contributed by atoms with Gasteiger partial charge >= 0.3 is 5.97 Å². The molecule has 104 valence electrons. The predicted octanol–water partition coefficient (Wildman–Crippen LogP) is 4.24. The quantitative estimate of drug-likeness (QED) is 0.568. The molecule has 0 aliphatic rings. The Kier molecular flexibility index (Phi) is 5.31. The predicted molar refractivity (Wildman–Crippen MR) is 87.6 cm³/mol. The summed E-state index contributed by atoms with van der Waals surface area (Å²) in [6.45, 7) is 0. The van der Waals surface area contributed by atoms with Crippen molar-refractivity contribution in [2.24, 2.45) is 0 Å². The lowest BCUT2D eigenvalue weighted by molar-refractivity contribution is 0.0600. The second kappa shape index (κ2) is 6.99. The van der Waals surface area contributed by atoms with Gasteiger partial charge in [-0.15, -0.1) is 0 Å². The van der Waals surface area contributed by atoms with Crippen LogP contribution >= 0.6 is 34.4 Å². The lowest BCUT2D eigenvalue weighted by atomic mass is 10.2. The fourth-order valence-corrected chi connectivity index (χ4v) is 3.26. The van der Waals surface area contributed by atoms with Gasteiger partial charge in [-0.05, 0) is 65.1 Å². The number of hydrogen-bond donors (Lipinski definition) is 0. The summed E-state index contributed by atoms with van der Waals surface area (Å²) < 4.78 is 10.9. The smallest absolute Gasteiger partial charge is 0.337 e. The zero-order valence-electron chi connectivity index (χ0n) is 11.1. The average Bonchev–Trinajstić information content (AvgIpc) is 2.49. The van der Waals surface area contributed by atoms with Crippen molar-refractivity contribution >= 4 is 40.3 Å². The summed E-state index contributed by atoms with van der Waals surface area (Å²) in [5, 5.41) is 0. The minimum atomic E-state index is -0.316. The van der Waals surface area contributed by atoms with Crippen LogP contribution in [0, 0.1) is 3.57 Å². The van der Waals surface area contributed by atoms with Gasteiger partial charge in [-0.3, -0.25) is 0 Å². The van der Waals surface area contributed by atoms with E-state index in [-0.39, 0.29) is 5.97 Å². The number of hydrogen-bond acceptors (Lipinski definition) is 4. The standard InChI is InChI=1S/C15H13IO3S/c1-18-11-4-6-12(7-5-11)20-14-8-3-10(9-13(14)16)15(17)19-2/h3-9H,1-2H3. The molecule has 0 aromatic heterocycles. The van der Waals surface area contributed by atoms with Crippen LogP contribution in [0.2, 0.25) is 0 Å². The summed E-state index contributed by atoms with van der Waals surface area (Å²) in [7, 11) is 3.03. The number of benzene rings is 2. The van der Waals surface area contributed by atoms with Gasteiger partial charge in [0.15, 0.2) is 0 Å². The van der Waals surface area contributed by atoms with Gasteiger partial charge in [-0.25, -0.2) is 4.79 Å². The Morgan fingerprint density at radius 2 is 1.80 bits per heavy atom. The fourth-order valence-electron chi connectivity index (χ4n) is 1.60. The first kappa shape index (κ1) is 15.2. The van der Waals surface area contributed by atoms with E-state index in [1.165, 1.54) is 7.11 Å². The van der Waals surface area contributed by atoms with Gasteiger partial charge in [0.1, 0.15) is 5.75 Å². The van der Waals surface area contributed by atoms with Crippen LogP contribution in [0.1, 0.15) is 10.4 Å². The van der Waals surface area contributed by atoms with Gasteiger partial charge in [0, 0.05) is 13.4 Å². The highest BCUT2D eigenvalue weighted by Gasteiger charge is 2.09. The normalized spacial score (nSPS) is 10.2. The largest absolute Gasteiger partial charge is 0.497 e. The minimum absolute atomic E-state index is 0.316. The molecule has 0 aliphatic carbocycles. The molecule has 3 nitrogen and oxygen atoms in total. The number of carbonyl (C=O) groups excluding carboxylic acids is 1. The third-order valence-corrected chi connectivity index (χ3v) is 4.98. The van der Waals surface area contributed by atoms with E-state index in [1.54, 1.807) is 24.9 Å². The maximum Gasteiger partial charge on any atom is 0.337 e. The molecule has 0 aliphatic heterocycles. The molecule has 2 rings (SSSR count). The molecule has 0 spiro atoms. The van der Waals surface area contributed by atoms with E-state index in [2.05, 4.69) is 22.6 Å². The zero-order chi connectivity index (χ0) is 14.5. The summed E-state index contributed by atoms with van der Waals surface area (Å²) in [4.78, 5) is 13.7. The first-order valence-electron chi connectivity index (χ1n) is 5.84. The number of halogens is 1. The van der Waals surface area contributed by atoms with E-state index in [0.29, 0.717) is 5.56 Å². The Morgan fingerprint density at radius 1 is 1.10 bits per heavy atom. The zero-order valence-corrected chi connectivity index (χ0v) is 14.0. The molecule has 20 heavy (non-hydrogen) atoms. The van der Waals surface area contributed by atoms with Crippen molar-refractivity contribution < 1.29 is 14.3 Å². The van der Waals surface area contributed by atoms with Gasteiger partial charge in [-0.1, -0.05) is 11.8 Å². The molecule has 0 saturated heterocycles. The summed E-state index contributed by atoms with van der Waals surface area (Å²) >= 11 is 3.87. The minimum Gasteiger partial charge on any atom is -0.497 e.